The highest BCUT2D eigenvalue weighted by atomic mass is 19.4. The van der Waals surface area contributed by atoms with Crippen LogP contribution in [0.3, 0.4) is 0 Å². The molecule has 0 atom stereocenters. The van der Waals surface area contributed by atoms with Crippen LogP contribution in [0.25, 0.3) is 0 Å². The van der Waals surface area contributed by atoms with Gasteiger partial charge in [-0.25, -0.2) is 0 Å². The lowest BCUT2D eigenvalue weighted by atomic mass is 10.1. The molecule has 1 aromatic carbocycles. The fourth-order valence-corrected chi connectivity index (χ4v) is 3.55. The molecule has 1 heterocycles. The summed E-state index contributed by atoms with van der Waals surface area (Å²) in [7, 11) is 0. The van der Waals surface area contributed by atoms with Crippen molar-refractivity contribution in [1.29, 1.82) is 0 Å². The summed E-state index contributed by atoms with van der Waals surface area (Å²) < 4.78 is 50.8. The van der Waals surface area contributed by atoms with E-state index < -0.39 is 11.7 Å². The van der Waals surface area contributed by atoms with Gasteiger partial charge in [0.1, 0.15) is 0 Å². The number of pyridine rings is 1. The van der Waals surface area contributed by atoms with E-state index >= 15 is 0 Å². The predicted molar refractivity (Wildman–Crippen MR) is 123 cm³/mol. The van der Waals surface area contributed by atoms with Crippen molar-refractivity contribution >= 4 is 17.3 Å². The second kappa shape index (κ2) is 14.5. The Hall–Kier alpha value is -2.64. The van der Waals surface area contributed by atoms with Gasteiger partial charge in [0.2, 0.25) is 0 Å². The fraction of sp³-hybridized carbons (Fsp3) is 0.520. The topological polar surface area (TPSA) is 54.0 Å². The van der Waals surface area contributed by atoms with Crippen LogP contribution in [0.15, 0.2) is 42.7 Å². The van der Waals surface area contributed by atoms with Crippen LogP contribution >= 0.6 is 0 Å². The number of hydrogen-bond donors (Lipinski definition) is 2. The number of anilines is 2. The molecule has 2 rings (SSSR count). The number of halogens is 4. The van der Waals surface area contributed by atoms with E-state index in [9.17, 15) is 22.4 Å². The molecule has 1 amide bonds. The zero-order valence-corrected chi connectivity index (χ0v) is 18.9. The highest BCUT2D eigenvalue weighted by Crippen LogP contribution is 2.31. The van der Waals surface area contributed by atoms with Gasteiger partial charge in [-0.1, -0.05) is 57.4 Å². The number of amides is 1. The third-order valence-electron chi connectivity index (χ3n) is 5.38. The number of hydrogen-bond acceptors (Lipinski definition) is 3. The Labute approximate surface area is 193 Å². The summed E-state index contributed by atoms with van der Waals surface area (Å²) in [6.07, 6.45) is 8.91. The molecule has 182 valence electrons. The second-order valence-electron chi connectivity index (χ2n) is 8.11. The lowest BCUT2D eigenvalue weighted by Gasteiger charge is -2.13. The van der Waals surface area contributed by atoms with Crippen LogP contribution in [0.4, 0.5) is 28.9 Å². The average Bonchev–Trinajstić information content (AvgIpc) is 2.79. The van der Waals surface area contributed by atoms with Crippen molar-refractivity contribution in [3.63, 3.8) is 0 Å². The Morgan fingerprint density at radius 1 is 0.879 bits per heavy atom. The van der Waals surface area contributed by atoms with Gasteiger partial charge in [-0.3, -0.25) is 14.2 Å². The first-order chi connectivity index (χ1) is 15.9. The van der Waals surface area contributed by atoms with Crippen molar-refractivity contribution in [2.24, 2.45) is 0 Å². The molecule has 0 aliphatic carbocycles. The van der Waals surface area contributed by atoms with Crippen molar-refractivity contribution in [3.05, 3.63) is 53.9 Å². The molecule has 0 saturated heterocycles. The molecule has 0 spiro atoms. The molecule has 8 heteroatoms. The number of carbonyl (C=O) groups excluding carboxylic acids is 1. The van der Waals surface area contributed by atoms with Crippen LogP contribution in [0, 0.1) is 0 Å². The number of benzene rings is 1. The van der Waals surface area contributed by atoms with Crippen molar-refractivity contribution in [2.75, 3.05) is 18.5 Å². The molecule has 2 aromatic rings. The van der Waals surface area contributed by atoms with Crippen molar-refractivity contribution in [1.82, 2.24) is 10.3 Å². The summed E-state index contributed by atoms with van der Waals surface area (Å²) >= 11 is 0. The highest BCUT2D eigenvalue weighted by Gasteiger charge is 2.30. The van der Waals surface area contributed by atoms with E-state index in [1.807, 2.05) is 0 Å². The highest BCUT2D eigenvalue weighted by molar-refractivity contribution is 6.00. The monoisotopic (exact) mass is 467 g/mol. The van der Waals surface area contributed by atoms with Gasteiger partial charge in [0.05, 0.1) is 29.7 Å². The number of aromatic nitrogens is 1. The Kier molecular flexibility index (Phi) is 11.7. The fourth-order valence-electron chi connectivity index (χ4n) is 3.55. The van der Waals surface area contributed by atoms with Crippen LogP contribution in [-0.2, 0) is 6.18 Å². The minimum Gasteiger partial charge on any atom is -0.354 e. The van der Waals surface area contributed by atoms with Crippen molar-refractivity contribution in [2.45, 2.75) is 70.4 Å². The number of rotatable bonds is 15. The Morgan fingerprint density at radius 2 is 1.52 bits per heavy atom. The Balaban J connectivity index is 1.72. The molecule has 4 nitrogen and oxygen atoms in total. The van der Waals surface area contributed by atoms with E-state index in [2.05, 4.69) is 15.6 Å². The molecule has 1 aromatic heterocycles. The van der Waals surface area contributed by atoms with Gasteiger partial charge in [0.15, 0.2) is 0 Å². The van der Waals surface area contributed by atoms with E-state index in [0.29, 0.717) is 24.2 Å². The minimum atomic E-state index is -4.44. The molecule has 0 aliphatic heterocycles. The minimum absolute atomic E-state index is 0.217. The number of unbranched alkanes of at least 4 members (excludes halogenated alkanes) is 9. The molecular weight excluding hydrogens is 434 g/mol. The van der Waals surface area contributed by atoms with Crippen LogP contribution in [0.1, 0.15) is 80.1 Å². The number of alkyl halides is 4. The Morgan fingerprint density at radius 3 is 2.15 bits per heavy atom. The number of nitrogens with one attached hydrogen (secondary N) is 2. The van der Waals surface area contributed by atoms with Gasteiger partial charge in [-0.15, -0.1) is 0 Å². The largest absolute Gasteiger partial charge is 0.416 e. The van der Waals surface area contributed by atoms with E-state index in [1.165, 1.54) is 43.8 Å². The molecule has 33 heavy (non-hydrogen) atoms. The maximum atomic E-state index is 12.9. The lowest BCUT2D eigenvalue weighted by Crippen LogP contribution is -2.25. The standard InChI is InChI=1S/C25H33F4N3O/c26-15-9-7-5-3-1-2-4-6-8-10-16-31-24(33)22-14-17-30-19-23(22)32-21-13-11-12-20(18-21)25(27,28)29/h11-14,17-19,32H,1-10,15-16H2,(H,31,33). The molecule has 0 radical (unpaired) electrons. The SMILES string of the molecule is O=C(NCCCCCCCCCCCCF)c1ccncc1Nc1cccc(C(F)(F)F)c1. The number of carbonyl (C=O) groups is 1. The summed E-state index contributed by atoms with van der Waals surface area (Å²) in [6.45, 7) is 0.318. The van der Waals surface area contributed by atoms with Gasteiger partial charge in [-0.2, -0.15) is 13.2 Å². The van der Waals surface area contributed by atoms with Crippen molar-refractivity contribution in [3.8, 4) is 0 Å². The molecule has 0 saturated carbocycles. The van der Waals surface area contributed by atoms with Crippen LogP contribution < -0.4 is 10.6 Å². The van der Waals surface area contributed by atoms with E-state index in [0.717, 1.165) is 50.7 Å². The third kappa shape index (κ3) is 10.2. The summed E-state index contributed by atoms with van der Waals surface area (Å²) in [5, 5.41) is 5.74. The Bertz CT molecular complexity index is 842. The first-order valence-electron chi connectivity index (χ1n) is 11.6. The average molecular weight is 468 g/mol. The molecular formula is C25H33F4N3O. The summed E-state index contributed by atoms with van der Waals surface area (Å²) in [4.78, 5) is 16.6. The molecule has 0 aliphatic rings. The predicted octanol–water partition coefficient (Wildman–Crippen LogP) is 7.44. The van der Waals surface area contributed by atoms with E-state index in [-0.39, 0.29) is 18.3 Å². The van der Waals surface area contributed by atoms with Crippen LogP contribution in [0.5, 0.6) is 0 Å². The quantitative estimate of drug-likeness (QED) is 0.211. The molecule has 2 N–H and O–H groups in total. The first-order valence-corrected chi connectivity index (χ1v) is 11.6. The van der Waals surface area contributed by atoms with E-state index in [1.54, 1.807) is 6.07 Å². The van der Waals surface area contributed by atoms with Gasteiger partial charge in [0, 0.05) is 18.4 Å². The van der Waals surface area contributed by atoms with Gasteiger partial charge >= 0.3 is 6.18 Å². The van der Waals surface area contributed by atoms with E-state index in [4.69, 9.17) is 0 Å². The molecule has 0 bridgehead atoms. The van der Waals surface area contributed by atoms with Gasteiger partial charge in [0.25, 0.3) is 5.91 Å². The summed E-state index contributed by atoms with van der Waals surface area (Å²) in [6, 6.07) is 6.36. The van der Waals surface area contributed by atoms with Crippen LogP contribution in [-0.4, -0.2) is 24.1 Å². The molecule has 0 unspecified atom stereocenters. The normalized spacial score (nSPS) is 11.4. The smallest absolute Gasteiger partial charge is 0.354 e. The zero-order chi connectivity index (χ0) is 23.9. The van der Waals surface area contributed by atoms with Gasteiger partial charge < -0.3 is 10.6 Å². The maximum absolute atomic E-state index is 12.9. The third-order valence-corrected chi connectivity index (χ3v) is 5.38. The second-order valence-corrected chi connectivity index (χ2v) is 8.11. The number of nitrogens with zero attached hydrogens (tertiary/aromatic N) is 1. The van der Waals surface area contributed by atoms with Gasteiger partial charge in [-0.05, 0) is 37.1 Å². The summed E-state index contributed by atoms with van der Waals surface area (Å²) in [5.41, 5.74) is 0.143. The van der Waals surface area contributed by atoms with Crippen LogP contribution in [0.2, 0.25) is 0 Å². The zero-order valence-electron chi connectivity index (χ0n) is 18.9. The van der Waals surface area contributed by atoms with Crippen molar-refractivity contribution < 1.29 is 22.4 Å². The molecule has 0 fully saturated rings. The lowest BCUT2D eigenvalue weighted by molar-refractivity contribution is -0.137. The maximum Gasteiger partial charge on any atom is 0.416 e. The summed E-state index contributed by atoms with van der Waals surface area (Å²) in [5.74, 6) is -0.292. The first kappa shape index (κ1) is 26.6.